The molecule has 0 saturated carbocycles. The summed E-state index contributed by atoms with van der Waals surface area (Å²) >= 11 is 5.75. The number of alkyl halides is 1. The van der Waals surface area contributed by atoms with Crippen LogP contribution in [0.3, 0.4) is 0 Å². The van der Waals surface area contributed by atoms with Gasteiger partial charge < -0.3 is 9.80 Å². The van der Waals surface area contributed by atoms with Crippen molar-refractivity contribution in [3.05, 3.63) is 35.1 Å². The van der Waals surface area contributed by atoms with Gasteiger partial charge in [-0.15, -0.1) is 11.6 Å². The van der Waals surface area contributed by atoms with Crippen molar-refractivity contribution in [1.29, 1.82) is 0 Å². The molecule has 1 amide bonds. The third-order valence-corrected chi connectivity index (χ3v) is 3.80. The van der Waals surface area contributed by atoms with Gasteiger partial charge in [-0.2, -0.15) is 0 Å². The number of carbonyl (C=O) groups is 1. The molecule has 1 aromatic carbocycles. The van der Waals surface area contributed by atoms with E-state index >= 15 is 0 Å². The van der Waals surface area contributed by atoms with Crippen LogP contribution < -0.4 is 0 Å². The number of amides is 1. The summed E-state index contributed by atoms with van der Waals surface area (Å²) in [6.45, 7) is 5.73. The first-order chi connectivity index (χ1) is 9.61. The topological polar surface area (TPSA) is 23.6 Å². The Balaban J connectivity index is 2.07. The van der Waals surface area contributed by atoms with Gasteiger partial charge in [-0.25, -0.2) is 4.39 Å². The molecule has 5 heteroatoms. The van der Waals surface area contributed by atoms with Crippen molar-refractivity contribution >= 4 is 17.5 Å². The number of hydrogen-bond donors (Lipinski definition) is 0. The molecule has 1 aliphatic heterocycles. The molecule has 0 spiro atoms. The molecule has 110 valence electrons. The van der Waals surface area contributed by atoms with Crippen molar-refractivity contribution < 1.29 is 9.18 Å². The average molecular weight is 299 g/mol. The van der Waals surface area contributed by atoms with Crippen molar-refractivity contribution in [3.63, 3.8) is 0 Å². The lowest BCUT2D eigenvalue weighted by atomic mass is 10.1. The van der Waals surface area contributed by atoms with Crippen molar-refractivity contribution in [1.82, 2.24) is 9.80 Å². The molecule has 2 rings (SSSR count). The van der Waals surface area contributed by atoms with Crippen molar-refractivity contribution in [2.24, 2.45) is 0 Å². The van der Waals surface area contributed by atoms with Gasteiger partial charge in [-0.3, -0.25) is 4.79 Å². The van der Waals surface area contributed by atoms with E-state index in [0.717, 1.165) is 31.6 Å². The van der Waals surface area contributed by atoms with Crippen LogP contribution in [0.5, 0.6) is 0 Å². The summed E-state index contributed by atoms with van der Waals surface area (Å²) in [7, 11) is 0. The maximum Gasteiger partial charge on any atom is 0.256 e. The van der Waals surface area contributed by atoms with Gasteiger partial charge in [0.2, 0.25) is 0 Å². The molecule has 0 N–H and O–H groups in total. The molecule has 1 heterocycles. The van der Waals surface area contributed by atoms with Crippen LogP contribution in [0.25, 0.3) is 0 Å². The number of nitrogens with zero attached hydrogens (tertiary/aromatic N) is 2. The molecule has 0 aromatic heterocycles. The molecule has 20 heavy (non-hydrogen) atoms. The summed E-state index contributed by atoms with van der Waals surface area (Å²) in [5, 5.41) is 0. The van der Waals surface area contributed by atoms with E-state index in [1.165, 1.54) is 6.07 Å². The Labute approximate surface area is 124 Å². The lowest BCUT2D eigenvalue weighted by Gasteiger charge is -2.22. The Kier molecular flexibility index (Phi) is 5.38. The van der Waals surface area contributed by atoms with E-state index in [4.69, 9.17) is 11.6 Å². The van der Waals surface area contributed by atoms with E-state index in [1.54, 1.807) is 17.0 Å². The van der Waals surface area contributed by atoms with Gasteiger partial charge in [0.05, 0.1) is 5.56 Å². The molecule has 1 fully saturated rings. The first-order valence-corrected chi connectivity index (χ1v) is 7.49. The first kappa shape index (κ1) is 15.3. The monoisotopic (exact) mass is 298 g/mol. The Bertz CT molecular complexity index is 481. The molecule has 1 aliphatic rings. The number of rotatable bonds is 3. The largest absolute Gasteiger partial charge is 0.337 e. The zero-order chi connectivity index (χ0) is 14.5. The van der Waals surface area contributed by atoms with Crippen LogP contribution in [0.15, 0.2) is 18.2 Å². The number of benzene rings is 1. The molecule has 1 saturated heterocycles. The highest BCUT2D eigenvalue weighted by Gasteiger charge is 2.22. The fourth-order valence-electron chi connectivity index (χ4n) is 2.49. The predicted molar refractivity (Wildman–Crippen MR) is 78.8 cm³/mol. The summed E-state index contributed by atoms with van der Waals surface area (Å²) in [6.07, 6.45) is 0.899. The fraction of sp³-hybridized carbons (Fsp3) is 0.533. The fourth-order valence-corrected chi connectivity index (χ4v) is 2.73. The molecule has 0 atom stereocenters. The standard InChI is InChI=1S/C15H20ClFN2O/c1-12-3-4-14(17)13(11-12)15(20)19-7-2-6-18(8-5-16)9-10-19/h3-4,11H,2,5-10H2,1H3. The number of hydrogen-bond acceptors (Lipinski definition) is 2. The van der Waals surface area contributed by atoms with E-state index in [0.29, 0.717) is 19.0 Å². The van der Waals surface area contributed by atoms with E-state index in [9.17, 15) is 9.18 Å². The minimum absolute atomic E-state index is 0.177. The number of carbonyl (C=O) groups excluding carboxylic acids is 1. The second-order valence-electron chi connectivity index (χ2n) is 5.16. The lowest BCUT2D eigenvalue weighted by Crippen LogP contribution is -2.36. The molecular weight excluding hydrogens is 279 g/mol. The zero-order valence-electron chi connectivity index (χ0n) is 11.7. The van der Waals surface area contributed by atoms with Crippen LogP contribution >= 0.6 is 11.6 Å². The Morgan fingerprint density at radius 3 is 2.85 bits per heavy atom. The smallest absolute Gasteiger partial charge is 0.256 e. The molecule has 0 radical (unpaired) electrons. The van der Waals surface area contributed by atoms with E-state index < -0.39 is 5.82 Å². The normalized spacial score (nSPS) is 17.1. The second-order valence-corrected chi connectivity index (χ2v) is 5.54. The van der Waals surface area contributed by atoms with Crippen molar-refractivity contribution in [3.8, 4) is 0 Å². The van der Waals surface area contributed by atoms with Gasteiger partial charge in [0, 0.05) is 32.1 Å². The Morgan fingerprint density at radius 2 is 2.10 bits per heavy atom. The minimum Gasteiger partial charge on any atom is -0.337 e. The zero-order valence-corrected chi connectivity index (χ0v) is 12.5. The average Bonchev–Trinajstić information content (AvgIpc) is 2.67. The van der Waals surface area contributed by atoms with Gasteiger partial charge in [0.1, 0.15) is 5.82 Å². The van der Waals surface area contributed by atoms with Crippen LogP contribution in [-0.2, 0) is 0 Å². The molecule has 3 nitrogen and oxygen atoms in total. The number of aryl methyl sites for hydroxylation is 1. The Hall–Kier alpha value is -1.13. The molecule has 0 unspecified atom stereocenters. The summed E-state index contributed by atoms with van der Waals surface area (Å²) < 4.78 is 13.8. The van der Waals surface area contributed by atoms with Gasteiger partial charge >= 0.3 is 0 Å². The van der Waals surface area contributed by atoms with Gasteiger partial charge in [-0.05, 0) is 32.0 Å². The van der Waals surface area contributed by atoms with E-state index in [1.807, 2.05) is 6.92 Å². The van der Waals surface area contributed by atoms with Crippen LogP contribution in [0.2, 0.25) is 0 Å². The third-order valence-electron chi connectivity index (χ3n) is 3.63. The van der Waals surface area contributed by atoms with E-state index in [2.05, 4.69) is 4.90 Å². The predicted octanol–water partition coefficient (Wildman–Crippen LogP) is 2.52. The maximum absolute atomic E-state index is 13.8. The third kappa shape index (κ3) is 3.70. The minimum atomic E-state index is -0.442. The highest BCUT2D eigenvalue weighted by molar-refractivity contribution is 6.18. The SMILES string of the molecule is Cc1ccc(F)c(C(=O)N2CCCN(CCCl)CC2)c1. The highest BCUT2D eigenvalue weighted by Crippen LogP contribution is 2.14. The van der Waals surface area contributed by atoms with E-state index in [-0.39, 0.29) is 11.5 Å². The van der Waals surface area contributed by atoms with Crippen molar-refractivity contribution in [2.75, 3.05) is 38.6 Å². The van der Waals surface area contributed by atoms with Crippen molar-refractivity contribution in [2.45, 2.75) is 13.3 Å². The molecule has 0 aliphatic carbocycles. The van der Waals surface area contributed by atoms with Crippen LogP contribution in [0, 0.1) is 12.7 Å². The summed E-state index contributed by atoms with van der Waals surface area (Å²) in [5.41, 5.74) is 1.07. The van der Waals surface area contributed by atoms with Crippen LogP contribution in [0.4, 0.5) is 4.39 Å². The highest BCUT2D eigenvalue weighted by atomic mass is 35.5. The molecule has 1 aromatic rings. The Morgan fingerprint density at radius 1 is 1.30 bits per heavy atom. The second kappa shape index (κ2) is 7.04. The summed E-state index contributed by atoms with van der Waals surface area (Å²) in [5.74, 6) is -0.0538. The van der Waals surface area contributed by atoms with Gasteiger partial charge in [-0.1, -0.05) is 11.6 Å². The van der Waals surface area contributed by atoms with Crippen LogP contribution in [-0.4, -0.2) is 54.3 Å². The summed E-state index contributed by atoms with van der Waals surface area (Å²) in [4.78, 5) is 16.4. The maximum atomic E-state index is 13.8. The quantitative estimate of drug-likeness (QED) is 0.801. The van der Waals surface area contributed by atoms with Crippen LogP contribution in [0.1, 0.15) is 22.3 Å². The molecule has 0 bridgehead atoms. The lowest BCUT2D eigenvalue weighted by molar-refractivity contribution is 0.0757. The molecular formula is C15H20ClFN2O. The number of halogens is 2. The summed E-state index contributed by atoms with van der Waals surface area (Å²) in [6, 6.07) is 4.66. The van der Waals surface area contributed by atoms with Gasteiger partial charge in [0.25, 0.3) is 5.91 Å². The van der Waals surface area contributed by atoms with Gasteiger partial charge in [0.15, 0.2) is 0 Å². The first-order valence-electron chi connectivity index (χ1n) is 6.95.